The SMILES string of the molecule is Cc1cccc(S(=O)(=O)NCc2ccc(CCC(=O)O)cc2)c1C. The van der Waals surface area contributed by atoms with E-state index in [2.05, 4.69) is 4.72 Å². The van der Waals surface area contributed by atoms with Gasteiger partial charge in [-0.25, -0.2) is 13.1 Å². The Hall–Kier alpha value is -2.18. The maximum absolute atomic E-state index is 12.4. The first-order chi connectivity index (χ1) is 11.3. The first-order valence-corrected chi connectivity index (χ1v) is 9.13. The van der Waals surface area contributed by atoms with Crippen molar-refractivity contribution in [1.29, 1.82) is 0 Å². The molecule has 5 nitrogen and oxygen atoms in total. The fourth-order valence-electron chi connectivity index (χ4n) is 2.35. The Kier molecular flexibility index (Phi) is 5.75. The van der Waals surface area contributed by atoms with E-state index in [1.54, 1.807) is 19.1 Å². The molecule has 0 aliphatic carbocycles. The lowest BCUT2D eigenvalue weighted by Gasteiger charge is -2.11. The zero-order valence-corrected chi connectivity index (χ0v) is 14.6. The standard InChI is InChI=1S/C18H21NO4S/c1-13-4-3-5-17(14(13)2)24(22,23)19-12-16-8-6-15(7-9-16)10-11-18(20)21/h3-9,19H,10-12H2,1-2H3,(H,20,21). The molecule has 0 unspecified atom stereocenters. The van der Waals surface area contributed by atoms with Crippen LogP contribution in [0, 0.1) is 13.8 Å². The van der Waals surface area contributed by atoms with Crippen LogP contribution in [-0.2, 0) is 27.8 Å². The van der Waals surface area contributed by atoms with Crippen LogP contribution in [0.15, 0.2) is 47.4 Å². The van der Waals surface area contributed by atoms with Crippen molar-refractivity contribution in [2.24, 2.45) is 0 Å². The third-order valence-corrected chi connectivity index (χ3v) is 5.51. The average molecular weight is 347 g/mol. The molecular weight excluding hydrogens is 326 g/mol. The molecule has 6 heteroatoms. The van der Waals surface area contributed by atoms with Crippen molar-refractivity contribution in [3.05, 3.63) is 64.7 Å². The zero-order chi connectivity index (χ0) is 17.7. The van der Waals surface area contributed by atoms with Gasteiger partial charge >= 0.3 is 5.97 Å². The van der Waals surface area contributed by atoms with Gasteiger partial charge in [0.1, 0.15) is 0 Å². The first-order valence-electron chi connectivity index (χ1n) is 7.65. The quantitative estimate of drug-likeness (QED) is 0.807. The van der Waals surface area contributed by atoms with Gasteiger partial charge in [-0.3, -0.25) is 4.79 Å². The topological polar surface area (TPSA) is 83.5 Å². The molecule has 0 aliphatic rings. The maximum Gasteiger partial charge on any atom is 0.303 e. The minimum Gasteiger partial charge on any atom is -0.481 e. The number of aliphatic carboxylic acids is 1. The van der Waals surface area contributed by atoms with E-state index in [-0.39, 0.29) is 13.0 Å². The second kappa shape index (κ2) is 7.59. The largest absolute Gasteiger partial charge is 0.481 e. The van der Waals surface area contributed by atoms with Crippen molar-refractivity contribution in [2.75, 3.05) is 0 Å². The van der Waals surface area contributed by atoms with Crippen LogP contribution in [0.25, 0.3) is 0 Å². The fraction of sp³-hybridized carbons (Fsp3) is 0.278. The Morgan fingerprint density at radius 2 is 1.67 bits per heavy atom. The van der Waals surface area contributed by atoms with Gasteiger partial charge in [0.2, 0.25) is 10.0 Å². The highest BCUT2D eigenvalue weighted by Gasteiger charge is 2.17. The van der Waals surface area contributed by atoms with Crippen LogP contribution in [0.5, 0.6) is 0 Å². The molecule has 2 N–H and O–H groups in total. The second-order valence-corrected chi connectivity index (χ2v) is 7.47. The lowest BCUT2D eigenvalue weighted by atomic mass is 10.1. The van der Waals surface area contributed by atoms with Crippen LogP contribution in [0.3, 0.4) is 0 Å². The lowest BCUT2D eigenvalue weighted by Crippen LogP contribution is -2.24. The second-order valence-electron chi connectivity index (χ2n) is 5.73. The van der Waals surface area contributed by atoms with Crippen LogP contribution in [-0.4, -0.2) is 19.5 Å². The molecule has 2 aromatic carbocycles. The molecule has 2 rings (SSSR count). The minimum atomic E-state index is -3.57. The van der Waals surface area contributed by atoms with Crippen molar-refractivity contribution < 1.29 is 18.3 Å². The third-order valence-electron chi connectivity index (χ3n) is 3.96. The summed E-state index contributed by atoms with van der Waals surface area (Å²) in [5, 5.41) is 8.68. The van der Waals surface area contributed by atoms with Gasteiger partial charge < -0.3 is 5.11 Å². The number of aryl methyl sites for hydroxylation is 2. The van der Waals surface area contributed by atoms with E-state index in [9.17, 15) is 13.2 Å². The van der Waals surface area contributed by atoms with E-state index in [1.807, 2.05) is 37.3 Å². The normalized spacial score (nSPS) is 11.4. The van der Waals surface area contributed by atoms with Gasteiger partial charge in [0.25, 0.3) is 0 Å². The Bertz CT molecular complexity index is 827. The Labute approximate surface area is 142 Å². The number of carboxylic acid groups (broad SMARTS) is 1. The molecule has 24 heavy (non-hydrogen) atoms. The van der Waals surface area contributed by atoms with E-state index < -0.39 is 16.0 Å². The fourth-order valence-corrected chi connectivity index (χ4v) is 3.68. The summed E-state index contributed by atoms with van der Waals surface area (Å²) < 4.78 is 27.5. The molecule has 0 fully saturated rings. The van der Waals surface area contributed by atoms with Crippen molar-refractivity contribution in [1.82, 2.24) is 4.72 Å². The van der Waals surface area contributed by atoms with E-state index >= 15 is 0 Å². The molecule has 2 aromatic rings. The highest BCUT2D eigenvalue weighted by molar-refractivity contribution is 7.89. The molecule has 0 saturated heterocycles. The number of carbonyl (C=O) groups is 1. The highest BCUT2D eigenvalue weighted by Crippen LogP contribution is 2.18. The molecule has 128 valence electrons. The van der Waals surface area contributed by atoms with Gasteiger partial charge in [-0.1, -0.05) is 36.4 Å². The van der Waals surface area contributed by atoms with Gasteiger partial charge in [0, 0.05) is 13.0 Å². The van der Waals surface area contributed by atoms with Gasteiger partial charge in [-0.2, -0.15) is 0 Å². The maximum atomic E-state index is 12.4. The summed E-state index contributed by atoms with van der Waals surface area (Å²) in [5.41, 5.74) is 3.41. The summed E-state index contributed by atoms with van der Waals surface area (Å²) >= 11 is 0. The van der Waals surface area contributed by atoms with E-state index in [4.69, 9.17) is 5.11 Å². The van der Waals surface area contributed by atoms with Crippen LogP contribution in [0.2, 0.25) is 0 Å². The summed E-state index contributed by atoms with van der Waals surface area (Å²) in [6, 6.07) is 12.5. The van der Waals surface area contributed by atoms with Crippen LogP contribution in [0.4, 0.5) is 0 Å². The summed E-state index contributed by atoms with van der Waals surface area (Å²) in [4.78, 5) is 10.9. The molecule has 0 aromatic heterocycles. The van der Waals surface area contributed by atoms with E-state index in [0.717, 1.165) is 22.3 Å². The molecule has 0 saturated carbocycles. The Balaban J connectivity index is 2.04. The number of sulfonamides is 1. The molecule has 0 bridgehead atoms. The molecule has 0 radical (unpaired) electrons. The van der Waals surface area contributed by atoms with Gasteiger partial charge in [-0.15, -0.1) is 0 Å². The summed E-state index contributed by atoms with van der Waals surface area (Å²) in [7, 11) is -3.57. The number of nitrogens with one attached hydrogen (secondary N) is 1. The lowest BCUT2D eigenvalue weighted by molar-refractivity contribution is -0.136. The van der Waals surface area contributed by atoms with Gasteiger partial charge in [0.05, 0.1) is 4.90 Å². The zero-order valence-electron chi connectivity index (χ0n) is 13.7. The predicted molar refractivity (Wildman–Crippen MR) is 92.3 cm³/mol. The van der Waals surface area contributed by atoms with Crippen LogP contribution in [0.1, 0.15) is 28.7 Å². The van der Waals surface area contributed by atoms with Gasteiger partial charge in [-0.05, 0) is 48.6 Å². The summed E-state index contributed by atoms with van der Waals surface area (Å²) in [5.74, 6) is -0.833. The molecule has 0 amide bonds. The van der Waals surface area contributed by atoms with Crippen molar-refractivity contribution in [3.8, 4) is 0 Å². The molecule has 0 spiro atoms. The Morgan fingerprint density at radius 3 is 2.29 bits per heavy atom. The molecule has 0 atom stereocenters. The molecule has 0 aliphatic heterocycles. The predicted octanol–water partition coefficient (Wildman–Crippen LogP) is 2.80. The molecular formula is C18H21NO4S. The number of carboxylic acids is 1. The van der Waals surface area contributed by atoms with Gasteiger partial charge in [0.15, 0.2) is 0 Å². The smallest absolute Gasteiger partial charge is 0.303 e. The monoisotopic (exact) mass is 347 g/mol. The Morgan fingerprint density at radius 1 is 1.04 bits per heavy atom. The average Bonchev–Trinajstić information content (AvgIpc) is 2.54. The number of hydrogen-bond acceptors (Lipinski definition) is 3. The number of hydrogen-bond donors (Lipinski definition) is 2. The summed E-state index contributed by atoms with van der Waals surface area (Å²) in [6.07, 6.45) is 0.544. The van der Waals surface area contributed by atoms with Crippen molar-refractivity contribution in [3.63, 3.8) is 0 Å². The van der Waals surface area contributed by atoms with E-state index in [1.165, 1.54) is 0 Å². The van der Waals surface area contributed by atoms with Crippen molar-refractivity contribution >= 4 is 16.0 Å². The van der Waals surface area contributed by atoms with Crippen molar-refractivity contribution in [2.45, 2.75) is 38.1 Å². The summed E-state index contributed by atoms with van der Waals surface area (Å²) in [6.45, 7) is 3.86. The number of benzene rings is 2. The third kappa shape index (κ3) is 4.66. The van der Waals surface area contributed by atoms with Crippen LogP contribution >= 0.6 is 0 Å². The number of rotatable bonds is 7. The first kappa shape index (κ1) is 18.2. The minimum absolute atomic E-state index is 0.0820. The van der Waals surface area contributed by atoms with E-state index in [0.29, 0.717) is 11.3 Å². The molecule has 0 heterocycles. The highest BCUT2D eigenvalue weighted by atomic mass is 32.2. The van der Waals surface area contributed by atoms with Crippen LogP contribution < -0.4 is 4.72 Å².